The second-order valence-corrected chi connectivity index (χ2v) is 6.38. The summed E-state index contributed by atoms with van der Waals surface area (Å²) in [5.74, 6) is -0.387. The molecule has 134 valence electrons. The summed E-state index contributed by atoms with van der Waals surface area (Å²) in [4.78, 5) is 17.6. The molecular weight excluding hydrogens is 308 g/mol. The van der Waals surface area contributed by atoms with Crippen molar-refractivity contribution in [3.05, 3.63) is 34.9 Å². The SMILES string of the molecule is COC(=O)C1(N(O)CCc2c(C)cccc2C)CCN(OC)CC1. The number of hydroxylamine groups is 4. The number of esters is 1. The van der Waals surface area contributed by atoms with E-state index in [4.69, 9.17) is 9.57 Å². The predicted octanol–water partition coefficient (Wildman–Crippen LogP) is 2.11. The number of methoxy groups -OCH3 is 1. The van der Waals surface area contributed by atoms with E-state index in [1.54, 1.807) is 12.2 Å². The molecule has 1 aromatic rings. The number of carbonyl (C=O) groups is 1. The van der Waals surface area contributed by atoms with Crippen LogP contribution in [0.2, 0.25) is 0 Å². The average Bonchev–Trinajstić information content (AvgIpc) is 2.60. The van der Waals surface area contributed by atoms with Gasteiger partial charge in [-0.15, -0.1) is 0 Å². The summed E-state index contributed by atoms with van der Waals surface area (Å²) in [5, 5.41) is 13.7. The van der Waals surface area contributed by atoms with Crippen LogP contribution in [0, 0.1) is 13.8 Å². The van der Waals surface area contributed by atoms with Crippen molar-refractivity contribution >= 4 is 5.97 Å². The van der Waals surface area contributed by atoms with Crippen LogP contribution in [0.15, 0.2) is 18.2 Å². The molecule has 2 rings (SSSR count). The highest BCUT2D eigenvalue weighted by molar-refractivity contribution is 5.80. The Morgan fingerprint density at radius 3 is 2.33 bits per heavy atom. The lowest BCUT2D eigenvalue weighted by molar-refractivity contribution is -0.229. The molecule has 1 aliphatic heterocycles. The highest BCUT2D eigenvalue weighted by Gasteiger charge is 2.47. The number of hydrogen-bond donors (Lipinski definition) is 1. The first kappa shape index (κ1) is 18.9. The Kier molecular flexibility index (Phi) is 6.34. The molecule has 24 heavy (non-hydrogen) atoms. The predicted molar refractivity (Wildman–Crippen MR) is 90.7 cm³/mol. The van der Waals surface area contributed by atoms with Crippen LogP contribution >= 0.6 is 0 Å². The Balaban J connectivity index is 2.11. The molecule has 0 amide bonds. The number of nitrogens with zero attached hydrogens (tertiary/aromatic N) is 2. The van der Waals surface area contributed by atoms with Gasteiger partial charge in [-0.05, 0) is 49.8 Å². The molecule has 1 saturated heterocycles. The van der Waals surface area contributed by atoms with Crippen LogP contribution in [0.3, 0.4) is 0 Å². The summed E-state index contributed by atoms with van der Waals surface area (Å²) in [7, 11) is 2.98. The summed E-state index contributed by atoms with van der Waals surface area (Å²) in [6, 6.07) is 6.16. The van der Waals surface area contributed by atoms with Crippen molar-refractivity contribution < 1.29 is 19.6 Å². The number of ether oxygens (including phenoxy) is 1. The molecule has 1 N–H and O–H groups in total. The molecule has 0 atom stereocenters. The van der Waals surface area contributed by atoms with Crippen LogP contribution in [0.4, 0.5) is 0 Å². The first-order chi connectivity index (χ1) is 11.4. The van der Waals surface area contributed by atoms with Gasteiger partial charge in [0, 0.05) is 19.6 Å². The van der Waals surface area contributed by atoms with Gasteiger partial charge >= 0.3 is 5.97 Å². The summed E-state index contributed by atoms with van der Waals surface area (Å²) >= 11 is 0. The molecule has 0 saturated carbocycles. The lowest BCUT2D eigenvalue weighted by Gasteiger charge is -2.42. The van der Waals surface area contributed by atoms with Crippen LogP contribution in [0.1, 0.15) is 29.5 Å². The highest BCUT2D eigenvalue weighted by atomic mass is 16.7. The van der Waals surface area contributed by atoms with Crippen molar-refractivity contribution in [2.75, 3.05) is 33.9 Å². The van der Waals surface area contributed by atoms with E-state index in [0.29, 0.717) is 38.9 Å². The number of rotatable bonds is 6. The molecule has 0 aromatic heterocycles. The molecule has 1 aromatic carbocycles. The molecule has 0 aliphatic carbocycles. The molecule has 0 radical (unpaired) electrons. The zero-order chi connectivity index (χ0) is 17.7. The lowest BCUT2D eigenvalue weighted by atomic mass is 9.87. The normalized spacial score (nSPS) is 17.9. The molecule has 6 nitrogen and oxygen atoms in total. The van der Waals surface area contributed by atoms with Crippen molar-refractivity contribution in [3.63, 3.8) is 0 Å². The van der Waals surface area contributed by atoms with Gasteiger partial charge in [0.25, 0.3) is 0 Å². The number of piperidine rings is 1. The van der Waals surface area contributed by atoms with Crippen LogP contribution < -0.4 is 0 Å². The van der Waals surface area contributed by atoms with Crippen molar-refractivity contribution in [3.8, 4) is 0 Å². The number of hydrogen-bond acceptors (Lipinski definition) is 6. The zero-order valence-electron chi connectivity index (χ0n) is 15.0. The first-order valence-corrected chi connectivity index (χ1v) is 8.33. The van der Waals surface area contributed by atoms with Gasteiger partial charge in [-0.3, -0.25) is 0 Å². The van der Waals surface area contributed by atoms with E-state index in [0.717, 1.165) is 0 Å². The number of benzene rings is 1. The van der Waals surface area contributed by atoms with E-state index < -0.39 is 5.54 Å². The second-order valence-electron chi connectivity index (χ2n) is 6.38. The van der Waals surface area contributed by atoms with E-state index in [2.05, 4.69) is 26.0 Å². The van der Waals surface area contributed by atoms with Gasteiger partial charge in [-0.25, -0.2) is 4.79 Å². The molecule has 1 fully saturated rings. The van der Waals surface area contributed by atoms with Gasteiger partial charge in [0.05, 0.1) is 14.2 Å². The molecule has 6 heteroatoms. The van der Waals surface area contributed by atoms with E-state index in [1.165, 1.54) is 28.9 Å². The number of aryl methyl sites for hydroxylation is 2. The van der Waals surface area contributed by atoms with Crippen molar-refractivity contribution in [1.82, 2.24) is 10.1 Å². The number of carbonyl (C=O) groups excluding carboxylic acids is 1. The van der Waals surface area contributed by atoms with Crippen LogP contribution in [-0.2, 0) is 20.8 Å². The topological polar surface area (TPSA) is 62.2 Å². The molecule has 1 aliphatic rings. The fourth-order valence-corrected chi connectivity index (χ4v) is 3.47. The maximum absolute atomic E-state index is 12.4. The Morgan fingerprint density at radius 1 is 1.25 bits per heavy atom. The monoisotopic (exact) mass is 336 g/mol. The van der Waals surface area contributed by atoms with Gasteiger partial charge in [-0.1, -0.05) is 18.2 Å². The maximum atomic E-state index is 12.4. The third-order valence-electron chi connectivity index (χ3n) is 5.09. The van der Waals surface area contributed by atoms with Gasteiger partial charge in [0.1, 0.15) is 5.54 Å². The molecule has 1 heterocycles. The minimum Gasteiger partial charge on any atom is -0.468 e. The van der Waals surface area contributed by atoms with E-state index in [9.17, 15) is 10.0 Å². The van der Waals surface area contributed by atoms with E-state index in [-0.39, 0.29) is 5.97 Å². The largest absolute Gasteiger partial charge is 0.468 e. The minimum absolute atomic E-state index is 0.383. The minimum atomic E-state index is -1.000. The summed E-state index contributed by atoms with van der Waals surface area (Å²) in [6.45, 7) is 5.67. The second kappa shape index (κ2) is 8.07. The quantitative estimate of drug-likeness (QED) is 0.634. The smallest absolute Gasteiger partial charge is 0.328 e. The van der Waals surface area contributed by atoms with E-state index >= 15 is 0 Å². The Labute approximate surface area is 143 Å². The third-order valence-corrected chi connectivity index (χ3v) is 5.09. The van der Waals surface area contributed by atoms with Gasteiger partial charge in [-0.2, -0.15) is 10.1 Å². The van der Waals surface area contributed by atoms with Crippen LogP contribution in [0.5, 0.6) is 0 Å². The summed E-state index contributed by atoms with van der Waals surface area (Å²) < 4.78 is 4.98. The Morgan fingerprint density at radius 2 is 1.83 bits per heavy atom. The summed E-state index contributed by atoms with van der Waals surface area (Å²) in [6.07, 6.45) is 1.62. The van der Waals surface area contributed by atoms with Crippen molar-refractivity contribution in [1.29, 1.82) is 0 Å². The highest BCUT2D eigenvalue weighted by Crippen LogP contribution is 2.30. The zero-order valence-corrected chi connectivity index (χ0v) is 15.0. The lowest BCUT2D eigenvalue weighted by Crippen LogP contribution is -2.59. The van der Waals surface area contributed by atoms with Crippen molar-refractivity contribution in [2.24, 2.45) is 0 Å². The van der Waals surface area contributed by atoms with Gasteiger partial charge in [0.15, 0.2) is 0 Å². The van der Waals surface area contributed by atoms with Gasteiger partial charge < -0.3 is 14.8 Å². The average molecular weight is 336 g/mol. The van der Waals surface area contributed by atoms with Crippen molar-refractivity contribution in [2.45, 2.75) is 38.6 Å². The maximum Gasteiger partial charge on any atom is 0.328 e. The molecular formula is C18H28N2O4. The molecule has 0 spiro atoms. The first-order valence-electron chi connectivity index (χ1n) is 8.33. The van der Waals surface area contributed by atoms with E-state index in [1.807, 2.05) is 6.07 Å². The Hall–Kier alpha value is -1.47. The summed E-state index contributed by atoms with van der Waals surface area (Å²) in [5.41, 5.74) is 2.61. The third kappa shape index (κ3) is 3.78. The molecule has 0 unspecified atom stereocenters. The fraction of sp³-hybridized carbons (Fsp3) is 0.611. The Bertz CT molecular complexity index is 548. The van der Waals surface area contributed by atoms with Crippen LogP contribution in [0.25, 0.3) is 0 Å². The van der Waals surface area contributed by atoms with Crippen LogP contribution in [-0.4, -0.2) is 60.7 Å². The van der Waals surface area contributed by atoms with Gasteiger partial charge in [0.2, 0.25) is 0 Å². The molecule has 0 bridgehead atoms. The fourth-order valence-electron chi connectivity index (χ4n) is 3.47. The standard InChI is InChI=1S/C18H28N2O4/c1-14-6-5-7-15(2)16(14)8-11-20(22)18(17(21)23-3)9-12-19(24-4)13-10-18/h5-7,22H,8-13H2,1-4H3.